The lowest BCUT2D eigenvalue weighted by Crippen LogP contribution is -2.43. The van der Waals surface area contributed by atoms with Gasteiger partial charge in [0, 0.05) is 24.7 Å². The van der Waals surface area contributed by atoms with Gasteiger partial charge in [-0.05, 0) is 46.0 Å². The molecule has 21 heavy (non-hydrogen) atoms. The number of rotatable bonds is 4. The Kier molecular flexibility index (Phi) is 5.45. The van der Waals surface area contributed by atoms with Crippen molar-refractivity contribution in [3.8, 4) is 5.19 Å². The van der Waals surface area contributed by atoms with Crippen molar-refractivity contribution >= 4 is 17.4 Å². The number of carbonyl (C=O) groups is 1. The smallest absolute Gasteiger partial charge is 0.410 e. The number of thiazole rings is 1. The van der Waals surface area contributed by atoms with Crippen LogP contribution in [-0.2, 0) is 4.74 Å². The summed E-state index contributed by atoms with van der Waals surface area (Å²) < 4.78 is 11.0. The molecule has 1 atom stereocenters. The number of nitrogens with zero attached hydrogens (tertiary/aromatic N) is 2. The first kappa shape index (κ1) is 16.1. The van der Waals surface area contributed by atoms with Crippen LogP contribution in [0.15, 0.2) is 11.6 Å². The number of hydrogen-bond acceptors (Lipinski definition) is 5. The first-order chi connectivity index (χ1) is 9.94. The molecule has 0 aliphatic carbocycles. The molecule has 0 unspecified atom stereocenters. The minimum atomic E-state index is -0.433. The van der Waals surface area contributed by atoms with Crippen LogP contribution in [0.3, 0.4) is 0 Å². The Bertz CT molecular complexity index is 442. The molecule has 0 radical (unpaired) electrons. The van der Waals surface area contributed by atoms with E-state index in [1.165, 1.54) is 11.3 Å². The van der Waals surface area contributed by atoms with E-state index < -0.39 is 5.60 Å². The third kappa shape index (κ3) is 5.53. The predicted molar refractivity (Wildman–Crippen MR) is 82.8 cm³/mol. The van der Waals surface area contributed by atoms with Crippen molar-refractivity contribution in [1.29, 1.82) is 0 Å². The molecule has 2 heterocycles. The molecule has 0 spiro atoms. The van der Waals surface area contributed by atoms with Crippen molar-refractivity contribution in [3.05, 3.63) is 11.6 Å². The van der Waals surface area contributed by atoms with Gasteiger partial charge in [-0.25, -0.2) is 9.78 Å². The fraction of sp³-hybridized carbons (Fsp3) is 0.733. The third-order valence-corrected chi connectivity index (χ3v) is 4.01. The van der Waals surface area contributed by atoms with Gasteiger partial charge in [-0.2, -0.15) is 0 Å². The predicted octanol–water partition coefficient (Wildman–Crippen LogP) is 3.56. The number of hydrogen-bond donors (Lipinski definition) is 0. The van der Waals surface area contributed by atoms with Gasteiger partial charge in [-0.15, -0.1) is 0 Å². The Hall–Kier alpha value is -1.30. The highest BCUT2D eigenvalue weighted by Gasteiger charge is 2.27. The summed E-state index contributed by atoms with van der Waals surface area (Å²) >= 11 is 1.50. The van der Waals surface area contributed by atoms with E-state index in [0.29, 0.717) is 12.5 Å². The molecular weight excluding hydrogens is 288 g/mol. The fourth-order valence-corrected chi connectivity index (χ4v) is 2.90. The zero-order valence-electron chi connectivity index (χ0n) is 13.0. The summed E-state index contributed by atoms with van der Waals surface area (Å²) in [6.45, 7) is 7.89. The average Bonchev–Trinajstić information content (AvgIpc) is 2.90. The fourth-order valence-electron chi connectivity index (χ4n) is 2.39. The molecule has 1 aliphatic heterocycles. The number of ether oxygens (including phenoxy) is 2. The van der Waals surface area contributed by atoms with Gasteiger partial charge in [0.15, 0.2) is 0 Å². The Balaban J connectivity index is 1.74. The van der Waals surface area contributed by atoms with Crippen molar-refractivity contribution in [1.82, 2.24) is 9.88 Å². The highest BCUT2D eigenvalue weighted by Crippen LogP contribution is 2.22. The second-order valence-electron chi connectivity index (χ2n) is 6.37. The van der Waals surface area contributed by atoms with E-state index in [-0.39, 0.29) is 6.09 Å². The minimum Gasteiger partial charge on any atom is -0.470 e. The number of amides is 1. The molecule has 0 bridgehead atoms. The van der Waals surface area contributed by atoms with Crippen LogP contribution in [0, 0.1) is 5.92 Å². The monoisotopic (exact) mass is 312 g/mol. The average molecular weight is 312 g/mol. The Morgan fingerprint density at radius 1 is 1.52 bits per heavy atom. The normalized spacial score (nSPS) is 19.4. The first-order valence-electron chi connectivity index (χ1n) is 7.44. The van der Waals surface area contributed by atoms with Gasteiger partial charge in [-0.3, -0.25) is 0 Å². The van der Waals surface area contributed by atoms with Crippen molar-refractivity contribution in [2.24, 2.45) is 5.92 Å². The standard InChI is InChI=1S/C15H24N2O3S/c1-15(2,3)20-14(18)17-8-4-5-12(11-17)6-9-19-13-16-7-10-21-13/h7,10,12H,4-6,8-9,11H2,1-3H3/t12-/m0/s1. The van der Waals surface area contributed by atoms with Crippen molar-refractivity contribution < 1.29 is 14.3 Å². The number of piperidine rings is 1. The summed E-state index contributed by atoms with van der Waals surface area (Å²) in [4.78, 5) is 18.0. The second kappa shape index (κ2) is 7.11. The molecule has 0 saturated carbocycles. The Labute approximate surface area is 130 Å². The molecule has 1 aromatic rings. The third-order valence-electron chi connectivity index (χ3n) is 3.33. The van der Waals surface area contributed by atoms with Crippen molar-refractivity contribution in [2.75, 3.05) is 19.7 Å². The maximum Gasteiger partial charge on any atom is 0.410 e. The zero-order valence-corrected chi connectivity index (χ0v) is 13.8. The van der Waals surface area contributed by atoms with Crippen LogP contribution < -0.4 is 4.74 Å². The minimum absolute atomic E-state index is 0.201. The molecular formula is C15H24N2O3S. The lowest BCUT2D eigenvalue weighted by molar-refractivity contribution is 0.0154. The summed E-state index contributed by atoms with van der Waals surface area (Å²) in [5.74, 6) is 0.478. The Morgan fingerprint density at radius 2 is 2.33 bits per heavy atom. The van der Waals surface area contributed by atoms with Crippen LogP contribution in [-0.4, -0.2) is 41.3 Å². The summed E-state index contributed by atoms with van der Waals surface area (Å²) in [5.41, 5.74) is -0.433. The molecule has 118 valence electrons. The molecule has 1 amide bonds. The van der Waals surface area contributed by atoms with E-state index in [9.17, 15) is 4.79 Å². The van der Waals surface area contributed by atoms with Crippen LogP contribution in [0.25, 0.3) is 0 Å². The number of aromatic nitrogens is 1. The SMILES string of the molecule is CC(C)(C)OC(=O)N1CCC[C@@H](CCOc2nccs2)C1. The molecule has 1 fully saturated rings. The quantitative estimate of drug-likeness (QED) is 0.853. The molecule has 0 N–H and O–H groups in total. The molecule has 1 aromatic heterocycles. The molecule has 0 aromatic carbocycles. The second-order valence-corrected chi connectivity index (χ2v) is 7.23. The van der Waals surface area contributed by atoms with E-state index in [2.05, 4.69) is 4.98 Å². The molecule has 2 rings (SSSR count). The maximum atomic E-state index is 12.1. The zero-order chi connectivity index (χ0) is 15.3. The van der Waals surface area contributed by atoms with E-state index in [1.54, 1.807) is 6.20 Å². The molecule has 1 aliphatic rings. The van der Waals surface area contributed by atoms with E-state index in [4.69, 9.17) is 9.47 Å². The molecule has 1 saturated heterocycles. The van der Waals surface area contributed by atoms with Crippen molar-refractivity contribution in [3.63, 3.8) is 0 Å². The lowest BCUT2D eigenvalue weighted by atomic mass is 9.95. The van der Waals surface area contributed by atoms with E-state index >= 15 is 0 Å². The molecule has 6 heteroatoms. The number of carbonyl (C=O) groups excluding carboxylic acids is 1. The van der Waals surface area contributed by atoms with E-state index in [0.717, 1.165) is 37.5 Å². The van der Waals surface area contributed by atoms with Gasteiger partial charge < -0.3 is 14.4 Å². The van der Waals surface area contributed by atoms with Crippen LogP contribution in [0.4, 0.5) is 4.79 Å². The van der Waals surface area contributed by atoms with Gasteiger partial charge in [0.2, 0.25) is 0 Å². The highest BCUT2D eigenvalue weighted by molar-refractivity contribution is 7.11. The van der Waals surface area contributed by atoms with Crippen LogP contribution in [0.2, 0.25) is 0 Å². The maximum absolute atomic E-state index is 12.1. The van der Waals surface area contributed by atoms with Crippen LogP contribution in [0.5, 0.6) is 5.19 Å². The van der Waals surface area contributed by atoms with Gasteiger partial charge in [-0.1, -0.05) is 11.3 Å². The first-order valence-corrected chi connectivity index (χ1v) is 8.32. The summed E-state index contributed by atoms with van der Waals surface area (Å²) in [5, 5.41) is 2.62. The topological polar surface area (TPSA) is 51.7 Å². The van der Waals surface area contributed by atoms with Crippen LogP contribution >= 0.6 is 11.3 Å². The van der Waals surface area contributed by atoms with Gasteiger partial charge in [0.25, 0.3) is 5.19 Å². The lowest BCUT2D eigenvalue weighted by Gasteiger charge is -2.34. The van der Waals surface area contributed by atoms with Crippen molar-refractivity contribution in [2.45, 2.75) is 45.6 Å². The largest absolute Gasteiger partial charge is 0.470 e. The van der Waals surface area contributed by atoms with Gasteiger partial charge in [0.05, 0.1) is 6.61 Å². The highest BCUT2D eigenvalue weighted by atomic mass is 32.1. The van der Waals surface area contributed by atoms with E-state index in [1.807, 2.05) is 31.1 Å². The van der Waals surface area contributed by atoms with Gasteiger partial charge in [0.1, 0.15) is 5.60 Å². The summed E-state index contributed by atoms with van der Waals surface area (Å²) in [6.07, 6.45) is 4.65. The Morgan fingerprint density at radius 3 is 3.00 bits per heavy atom. The number of likely N-dealkylation sites (tertiary alicyclic amines) is 1. The summed E-state index contributed by atoms with van der Waals surface area (Å²) in [7, 11) is 0. The van der Waals surface area contributed by atoms with Gasteiger partial charge >= 0.3 is 6.09 Å². The summed E-state index contributed by atoms with van der Waals surface area (Å²) in [6, 6.07) is 0. The molecule has 5 nitrogen and oxygen atoms in total. The van der Waals surface area contributed by atoms with Crippen LogP contribution in [0.1, 0.15) is 40.0 Å².